The van der Waals surface area contributed by atoms with Gasteiger partial charge in [0, 0.05) is 0 Å². The van der Waals surface area contributed by atoms with Crippen LogP contribution >= 0.6 is 0 Å². The van der Waals surface area contributed by atoms with Crippen LogP contribution in [0.1, 0.15) is 55.4 Å². The van der Waals surface area contributed by atoms with Crippen molar-refractivity contribution in [2.24, 2.45) is 0 Å². The molecule has 4 rings (SSSR count). The largest absolute Gasteiger partial charge is 0.214 e. The minimum absolute atomic E-state index is 0.499. The minimum Gasteiger partial charge on any atom is -0.214 e. The molecule has 1 aromatic carbocycles. The first-order chi connectivity index (χ1) is 13.7. The summed E-state index contributed by atoms with van der Waals surface area (Å²) in [7, 11) is 0. The Morgan fingerprint density at radius 2 is 1.17 bits per heavy atom. The van der Waals surface area contributed by atoms with Crippen molar-refractivity contribution in [2.45, 2.75) is 60.1 Å². The van der Waals surface area contributed by atoms with E-state index in [1.165, 1.54) is 22.3 Å². The molecule has 1 aromatic rings. The van der Waals surface area contributed by atoms with Crippen molar-refractivity contribution in [3.8, 4) is 0 Å². The fraction of sp³-hybridized carbons (Fsp3) is 0.346. The van der Waals surface area contributed by atoms with Crippen LogP contribution in [0.2, 0.25) is 4.75 Å². The SMILES string of the molecule is CC1=[C](C)[Ge]([O][Ge]2([CH]3C=CC=C3)[C](C)=C(C)C(C)=[C]2C)[C](C)=C1C.c1cc[cH-]c1. The van der Waals surface area contributed by atoms with Crippen LogP contribution in [0.15, 0.2) is 94.6 Å². The van der Waals surface area contributed by atoms with Crippen LogP contribution in [-0.4, -0.2) is 28.3 Å². The molecule has 2 heterocycles. The van der Waals surface area contributed by atoms with Crippen molar-refractivity contribution in [1.82, 2.24) is 0 Å². The van der Waals surface area contributed by atoms with Gasteiger partial charge in [0.1, 0.15) is 0 Å². The van der Waals surface area contributed by atoms with Gasteiger partial charge in [-0.1, -0.05) is 0 Å². The summed E-state index contributed by atoms with van der Waals surface area (Å²) in [6, 6.07) is 10.0. The van der Waals surface area contributed by atoms with E-state index < -0.39 is 28.3 Å². The van der Waals surface area contributed by atoms with Gasteiger partial charge in [0.15, 0.2) is 0 Å². The third-order valence-electron chi connectivity index (χ3n) is 7.21. The zero-order chi connectivity index (χ0) is 21.3. The molecule has 0 atom stereocenters. The van der Waals surface area contributed by atoms with Crippen molar-refractivity contribution in [1.29, 1.82) is 0 Å². The molecular weight excluding hydrogens is 474 g/mol. The molecule has 0 saturated carbocycles. The van der Waals surface area contributed by atoms with Gasteiger partial charge in [0.2, 0.25) is 0 Å². The molecule has 0 spiro atoms. The Morgan fingerprint density at radius 1 is 0.724 bits per heavy atom. The van der Waals surface area contributed by atoms with Gasteiger partial charge in [0.05, 0.1) is 0 Å². The predicted octanol–water partition coefficient (Wildman–Crippen LogP) is 7.37. The van der Waals surface area contributed by atoms with Crippen LogP contribution < -0.4 is 0 Å². The smallest absolute Gasteiger partial charge is 0.172 e. The Kier molecular flexibility index (Phi) is 6.92. The third-order valence-corrected chi connectivity index (χ3v) is 27.5. The normalized spacial score (nSPS) is 21.8. The molecule has 1 aliphatic carbocycles. The maximum Gasteiger partial charge on any atom is -0.172 e. The van der Waals surface area contributed by atoms with E-state index in [2.05, 4.69) is 79.7 Å². The molecule has 0 amide bonds. The standard InChI is InChI=1S/C21H29Ge2O.C5H5/c1-13-14(2)18(6)22(17(13)5)24-23(21-11-9-10-12-21)19(7)15(3)16(4)20(23)8;1-2-4-5-3-1/h9-12,21H,1-8H3;1-5H/q;-1. The number of rotatable bonds is 3. The summed E-state index contributed by atoms with van der Waals surface area (Å²) >= 11 is -4.62. The maximum absolute atomic E-state index is 7.39. The van der Waals surface area contributed by atoms with E-state index in [1.807, 2.05) is 30.3 Å². The van der Waals surface area contributed by atoms with E-state index >= 15 is 0 Å². The summed E-state index contributed by atoms with van der Waals surface area (Å²) in [5.74, 6) is 0. The summed E-state index contributed by atoms with van der Waals surface area (Å²) in [5.41, 5.74) is 5.98. The molecule has 3 aliphatic rings. The molecule has 1 radical (unpaired) electrons. The van der Waals surface area contributed by atoms with Gasteiger partial charge in [-0.3, -0.25) is 0 Å². The molecule has 1 nitrogen and oxygen atoms in total. The first kappa shape index (κ1) is 22.5. The summed E-state index contributed by atoms with van der Waals surface area (Å²) in [6.45, 7) is 18.5. The van der Waals surface area contributed by atoms with Gasteiger partial charge in [-0.25, -0.2) is 12.1 Å². The minimum atomic E-state index is -2.80. The summed E-state index contributed by atoms with van der Waals surface area (Å²) in [4.78, 5) is 0. The van der Waals surface area contributed by atoms with E-state index in [1.54, 1.807) is 17.6 Å². The second kappa shape index (κ2) is 8.91. The topological polar surface area (TPSA) is 9.23 Å². The van der Waals surface area contributed by atoms with E-state index in [4.69, 9.17) is 2.79 Å². The Bertz CT molecular complexity index is 887. The molecule has 29 heavy (non-hydrogen) atoms. The fourth-order valence-corrected chi connectivity index (χ4v) is 30.0. The first-order valence-electron chi connectivity index (χ1n) is 10.5. The predicted molar refractivity (Wildman–Crippen MR) is 130 cm³/mol. The molecule has 3 heteroatoms. The molecule has 0 N–H and O–H groups in total. The monoisotopic (exact) mass is 510 g/mol. The van der Waals surface area contributed by atoms with Gasteiger partial charge in [0.25, 0.3) is 0 Å². The Balaban J connectivity index is 0.000000419. The van der Waals surface area contributed by atoms with Crippen LogP contribution in [0.25, 0.3) is 0 Å². The second-order valence-electron chi connectivity index (χ2n) is 8.42. The Morgan fingerprint density at radius 3 is 1.55 bits per heavy atom. The van der Waals surface area contributed by atoms with Gasteiger partial charge in [-0.05, 0) is 0 Å². The van der Waals surface area contributed by atoms with Crippen molar-refractivity contribution in [3.05, 3.63) is 94.6 Å². The molecule has 0 fully saturated rings. The fourth-order valence-electron chi connectivity index (χ4n) is 4.64. The number of hydrogen-bond donors (Lipinski definition) is 0. The quantitative estimate of drug-likeness (QED) is 0.306. The summed E-state index contributed by atoms with van der Waals surface area (Å²) in [5, 5.41) is 0. The molecule has 0 saturated heterocycles. The molecule has 0 unspecified atom stereocenters. The van der Waals surface area contributed by atoms with Crippen LogP contribution in [0.4, 0.5) is 0 Å². The zero-order valence-electron chi connectivity index (χ0n) is 19.2. The van der Waals surface area contributed by atoms with E-state index in [0.717, 1.165) is 0 Å². The first-order valence-corrected chi connectivity index (χ1v) is 17.7. The van der Waals surface area contributed by atoms with Crippen LogP contribution in [0, 0.1) is 0 Å². The van der Waals surface area contributed by atoms with E-state index in [9.17, 15) is 0 Å². The van der Waals surface area contributed by atoms with Crippen molar-refractivity contribution < 1.29 is 2.79 Å². The van der Waals surface area contributed by atoms with Crippen molar-refractivity contribution >= 4 is 28.3 Å². The van der Waals surface area contributed by atoms with Crippen molar-refractivity contribution in [2.75, 3.05) is 0 Å². The Hall–Kier alpha value is -1.16. The van der Waals surface area contributed by atoms with Gasteiger partial charge >= 0.3 is 155 Å². The zero-order valence-corrected chi connectivity index (χ0v) is 23.4. The van der Waals surface area contributed by atoms with Crippen LogP contribution in [0.3, 0.4) is 0 Å². The van der Waals surface area contributed by atoms with E-state index in [-0.39, 0.29) is 0 Å². The molecular formula is C26H34Ge2O-. The summed E-state index contributed by atoms with van der Waals surface area (Å²) in [6.07, 6.45) is 9.21. The van der Waals surface area contributed by atoms with Crippen molar-refractivity contribution in [3.63, 3.8) is 0 Å². The van der Waals surface area contributed by atoms with Crippen LogP contribution in [0.5, 0.6) is 0 Å². The molecule has 0 bridgehead atoms. The van der Waals surface area contributed by atoms with Gasteiger partial charge in [-0.15, -0.1) is 0 Å². The maximum atomic E-state index is 7.39. The van der Waals surface area contributed by atoms with Crippen LogP contribution in [-0.2, 0) is 2.79 Å². The number of hydrogen-bond acceptors (Lipinski definition) is 1. The van der Waals surface area contributed by atoms with Gasteiger partial charge in [-0.2, -0.15) is 18.2 Å². The van der Waals surface area contributed by atoms with Gasteiger partial charge < -0.3 is 0 Å². The molecule has 153 valence electrons. The molecule has 2 aliphatic heterocycles. The number of allylic oxidation sites excluding steroid dienone is 12. The third kappa shape index (κ3) is 3.82. The average Bonchev–Trinajstić information content (AvgIpc) is 3.51. The molecule has 0 aromatic heterocycles. The summed E-state index contributed by atoms with van der Waals surface area (Å²) < 4.78 is 14.2. The van der Waals surface area contributed by atoms with E-state index in [0.29, 0.717) is 4.75 Å². The average molecular weight is 508 g/mol. The Labute approximate surface area is 185 Å². The second-order valence-corrected chi connectivity index (χ2v) is 23.2.